The van der Waals surface area contributed by atoms with E-state index in [9.17, 15) is 0 Å². The Labute approximate surface area is 112 Å². The molecule has 0 aromatic carbocycles. The summed E-state index contributed by atoms with van der Waals surface area (Å²) >= 11 is 0. The van der Waals surface area contributed by atoms with Crippen LogP contribution < -0.4 is 5.32 Å². The summed E-state index contributed by atoms with van der Waals surface area (Å²) in [5.74, 6) is 0.754. The molecule has 0 aliphatic heterocycles. The highest BCUT2D eigenvalue weighted by atomic mass is 16.3. The van der Waals surface area contributed by atoms with E-state index in [1.54, 1.807) is 6.26 Å². The summed E-state index contributed by atoms with van der Waals surface area (Å²) in [6.45, 7) is 7.77. The van der Waals surface area contributed by atoms with Crippen LogP contribution in [0.1, 0.15) is 45.2 Å². The zero-order chi connectivity index (χ0) is 13.5. The quantitative estimate of drug-likeness (QED) is 0.769. The summed E-state index contributed by atoms with van der Waals surface area (Å²) in [7, 11) is 4.35. The second kappa shape index (κ2) is 7.59. The molecular formula is C15H28N2O. The van der Waals surface area contributed by atoms with Crippen LogP contribution in [0, 0.1) is 5.92 Å². The predicted molar refractivity (Wildman–Crippen MR) is 76.7 cm³/mol. The first kappa shape index (κ1) is 15.3. The van der Waals surface area contributed by atoms with Gasteiger partial charge in [-0.1, -0.05) is 26.7 Å². The molecule has 0 aliphatic carbocycles. The van der Waals surface area contributed by atoms with Gasteiger partial charge < -0.3 is 14.6 Å². The normalized spacial score (nSPS) is 15.3. The summed E-state index contributed by atoms with van der Waals surface area (Å²) < 4.78 is 5.13. The van der Waals surface area contributed by atoms with Gasteiger partial charge in [0.1, 0.15) is 0 Å². The SMILES string of the molecule is CCC(CC)C(CNC(C)c1ccoc1)N(C)C. The number of likely N-dealkylation sites (N-methyl/N-ethyl adjacent to an activating group) is 1. The van der Waals surface area contributed by atoms with Crippen LogP contribution in [0.2, 0.25) is 0 Å². The summed E-state index contributed by atoms with van der Waals surface area (Å²) in [6.07, 6.45) is 6.03. The molecule has 104 valence electrons. The molecule has 1 rings (SSSR count). The Kier molecular flexibility index (Phi) is 6.44. The van der Waals surface area contributed by atoms with Crippen molar-refractivity contribution in [3.05, 3.63) is 24.2 Å². The fraction of sp³-hybridized carbons (Fsp3) is 0.733. The Balaban J connectivity index is 2.52. The molecule has 0 saturated carbocycles. The highest BCUT2D eigenvalue weighted by Crippen LogP contribution is 2.18. The molecule has 18 heavy (non-hydrogen) atoms. The third kappa shape index (κ3) is 4.14. The Bertz CT molecular complexity index is 304. The maximum Gasteiger partial charge on any atom is 0.0950 e. The van der Waals surface area contributed by atoms with Crippen molar-refractivity contribution in [1.82, 2.24) is 10.2 Å². The van der Waals surface area contributed by atoms with Crippen molar-refractivity contribution in [2.24, 2.45) is 5.92 Å². The van der Waals surface area contributed by atoms with Gasteiger partial charge in [0.15, 0.2) is 0 Å². The molecule has 2 unspecified atom stereocenters. The van der Waals surface area contributed by atoms with Gasteiger partial charge in [-0.15, -0.1) is 0 Å². The minimum atomic E-state index is 0.348. The van der Waals surface area contributed by atoms with Crippen molar-refractivity contribution in [2.45, 2.75) is 45.7 Å². The van der Waals surface area contributed by atoms with E-state index in [1.165, 1.54) is 18.4 Å². The molecule has 2 atom stereocenters. The van der Waals surface area contributed by atoms with Crippen LogP contribution in [0.15, 0.2) is 23.0 Å². The number of furan rings is 1. The van der Waals surface area contributed by atoms with Crippen LogP contribution in [0.3, 0.4) is 0 Å². The molecule has 1 N–H and O–H groups in total. The molecule has 1 heterocycles. The molecule has 1 aromatic heterocycles. The first-order chi connectivity index (χ1) is 8.60. The minimum absolute atomic E-state index is 0.348. The van der Waals surface area contributed by atoms with Gasteiger partial charge in [-0.25, -0.2) is 0 Å². The van der Waals surface area contributed by atoms with E-state index in [1.807, 2.05) is 12.3 Å². The van der Waals surface area contributed by atoms with Crippen molar-refractivity contribution < 1.29 is 4.42 Å². The standard InChI is InChI=1S/C15H28N2O/c1-6-13(7-2)15(17(4)5)10-16-12(3)14-8-9-18-11-14/h8-9,11-13,15-16H,6-7,10H2,1-5H3. The smallest absolute Gasteiger partial charge is 0.0950 e. The molecule has 0 radical (unpaired) electrons. The van der Waals surface area contributed by atoms with E-state index in [0.29, 0.717) is 12.1 Å². The van der Waals surface area contributed by atoms with E-state index in [4.69, 9.17) is 4.42 Å². The van der Waals surface area contributed by atoms with Gasteiger partial charge in [0, 0.05) is 24.2 Å². The monoisotopic (exact) mass is 252 g/mol. The molecule has 0 bridgehead atoms. The average Bonchev–Trinajstić information content (AvgIpc) is 2.87. The van der Waals surface area contributed by atoms with E-state index in [2.05, 4.69) is 45.1 Å². The summed E-state index contributed by atoms with van der Waals surface area (Å²) in [5.41, 5.74) is 1.22. The van der Waals surface area contributed by atoms with Crippen LogP contribution in [0.5, 0.6) is 0 Å². The third-order valence-electron chi connectivity index (χ3n) is 3.93. The Morgan fingerprint density at radius 2 is 1.94 bits per heavy atom. The lowest BCUT2D eigenvalue weighted by molar-refractivity contribution is 0.190. The van der Waals surface area contributed by atoms with Crippen molar-refractivity contribution in [3.63, 3.8) is 0 Å². The highest BCUT2D eigenvalue weighted by Gasteiger charge is 2.21. The fourth-order valence-electron chi connectivity index (χ4n) is 2.54. The highest BCUT2D eigenvalue weighted by molar-refractivity contribution is 5.10. The zero-order valence-electron chi connectivity index (χ0n) is 12.4. The lowest BCUT2D eigenvalue weighted by atomic mass is 9.93. The Morgan fingerprint density at radius 1 is 1.28 bits per heavy atom. The number of nitrogens with zero attached hydrogens (tertiary/aromatic N) is 1. The molecular weight excluding hydrogens is 224 g/mol. The average molecular weight is 252 g/mol. The molecule has 3 nitrogen and oxygen atoms in total. The van der Waals surface area contributed by atoms with Gasteiger partial charge in [0.25, 0.3) is 0 Å². The number of rotatable bonds is 8. The van der Waals surface area contributed by atoms with Gasteiger partial charge in [0.05, 0.1) is 12.5 Å². The number of hydrogen-bond acceptors (Lipinski definition) is 3. The number of hydrogen-bond donors (Lipinski definition) is 1. The van der Waals surface area contributed by atoms with E-state index >= 15 is 0 Å². The summed E-state index contributed by atoms with van der Waals surface area (Å²) in [4.78, 5) is 2.34. The Hall–Kier alpha value is -0.800. The molecule has 0 aliphatic rings. The Morgan fingerprint density at radius 3 is 2.39 bits per heavy atom. The predicted octanol–water partition coefficient (Wildman–Crippen LogP) is 3.30. The molecule has 1 aromatic rings. The van der Waals surface area contributed by atoms with Crippen LogP contribution in [0.25, 0.3) is 0 Å². The van der Waals surface area contributed by atoms with Gasteiger partial charge >= 0.3 is 0 Å². The minimum Gasteiger partial charge on any atom is -0.472 e. The topological polar surface area (TPSA) is 28.4 Å². The molecule has 3 heteroatoms. The molecule has 0 spiro atoms. The van der Waals surface area contributed by atoms with Gasteiger partial charge in [0.2, 0.25) is 0 Å². The second-order valence-electron chi connectivity index (χ2n) is 5.29. The number of nitrogens with one attached hydrogen (secondary N) is 1. The molecule has 0 fully saturated rings. The van der Waals surface area contributed by atoms with Crippen LogP contribution in [-0.2, 0) is 0 Å². The summed E-state index contributed by atoms with van der Waals surface area (Å²) in [6, 6.07) is 2.97. The van der Waals surface area contributed by atoms with E-state index in [0.717, 1.165) is 12.5 Å². The fourth-order valence-corrected chi connectivity index (χ4v) is 2.54. The van der Waals surface area contributed by atoms with E-state index < -0.39 is 0 Å². The molecule has 0 saturated heterocycles. The van der Waals surface area contributed by atoms with Crippen molar-refractivity contribution >= 4 is 0 Å². The first-order valence-corrected chi connectivity index (χ1v) is 7.02. The lowest BCUT2D eigenvalue weighted by Crippen LogP contribution is -2.43. The van der Waals surface area contributed by atoms with Crippen molar-refractivity contribution in [1.29, 1.82) is 0 Å². The van der Waals surface area contributed by atoms with Crippen molar-refractivity contribution in [3.8, 4) is 0 Å². The molecule has 0 amide bonds. The van der Waals surface area contributed by atoms with Crippen LogP contribution in [-0.4, -0.2) is 31.6 Å². The van der Waals surface area contributed by atoms with Gasteiger partial charge in [-0.3, -0.25) is 0 Å². The largest absolute Gasteiger partial charge is 0.472 e. The third-order valence-corrected chi connectivity index (χ3v) is 3.93. The summed E-state index contributed by atoms with van der Waals surface area (Å²) in [5, 5.41) is 3.61. The van der Waals surface area contributed by atoms with Gasteiger partial charge in [-0.2, -0.15) is 0 Å². The van der Waals surface area contributed by atoms with Crippen molar-refractivity contribution in [2.75, 3.05) is 20.6 Å². The van der Waals surface area contributed by atoms with E-state index in [-0.39, 0.29) is 0 Å². The second-order valence-corrected chi connectivity index (χ2v) is 5.29. The maximum absolute atomic E-state index is 5.13. The lowest BCUT2D eigenvalue weighted by Gasteiger charge is -2.32. The van der Waals surface area contributed by atoms with Crippen LogP contribution >= 0.6 is 0 Å². The zero-order valence-corrected chi connectivity index (χ0v) is 12.4. The van der Waals surface area contributed by atoms with Crippen LogP contribution in [0.4, 0.5) is 0 Å². The maximum atomic E-state index is 5.13. The first-order valence-electron chi connectivity index (χ1n) is 7.02. The van der Waals surface area contributed by atoms with Gasteiger partial charge in [-0.05, 0) is 33.0 Å².